The van der Waals surface area contributed by atoms with Crippen LogP contribution in [0.25, 0.3) is 0 Å². The normalized spacial score (nSPS) is 19.0. The number of rotatable bonds is 11. The van der Waals surface area contributed by atoms with Gasteiger partial charge in [-0.05, 0) is 24.6 Å². The molecule has 1 fully saturated rings. The minimum absolute atomic E-state index is 0.120. The van der Waals surface area contributed by atoms with E-state index < -0.39 is 53.1 Å². The number of alkyl halides is 1. The quantitative estimate of drug-likeness (QED) is 0.164. The lowest BCUT2D eigenvalue weighted by Crippen LogP contribution is -2.71. The molecule has 1 aromatic heterocycles. The number of nitrogens with one attached hydrogen (secondary N) is 1. The first-order valence-corrected chi connectivity index (χ1v) is 14.8. The molecule has 2 unspecified atom stereocenters. The second-order valence-corrected chi connectivity index (χ2v) is 11.4. The van der Waals surface area contributed by atoms with Crippen molar-refractivity contribution in [2.24, 2.45) is 0 Å². The number of carbonyl (C=O) groups is 5. The second-order valence-electron chi connectivity index (χ2n) is 7.99. The third-order valence-electron chi connectivity index (χ3n) is 5.58. The Balaban J connectivity index is 1.49. The first-order chi connectivity index (χ1) is 18.7. The molecule has 4 rings (SSSR count). The van der Waals surface area contributed by atoms with E-state index in [1.165, 1.54) is 59.1 Å². The third kappa shape index (κ3) is 6.37. The highest BCUT2D eigenvalue weighted by Gasteiger charge is 2.54. The number of carboxylic acid groups (broad SMARTS) is 1. The maximum Gasteiger partial charge on any atom is 0.352 e. The first-order valence-electron chi connectivity index (χ1n) is 11.4. The number of amides is 2. The van der Waals surface area contributed by atoms with Crippen LogP contribution in [0.15, 0.2) is 45.4 Å². The van der Waals surface area contributed by atoms with Gasteiger partial charge in [0.1, 0.15) is 28.5 Å². The van der Waals surface area contributed by atoms with Crippen LogP contribution >= 0.6 is 46.5 Å². The Bertz CT molecular complexity index is 1300. The van der Waals surface area contributed by atoms with Crippen molar-refractivity contribution in [1.82, 2.24) is 20.4 Å². The zero-order valence-corrected chi connectivity index (χ0v) is 23.4. The van der Waals surface area contributed by atoms with E-state index in [2.05, 4.69) is 15.5 Å². The zero-order valence-electron chi connectivity index (χ0n) is 20.2. The van der Waals surface area contributed by atoms with Crippen LogP contribution in [0.5, 0.6) is 0 Å². The molecule has 0 saturated carbocycles. The fourth-order valence-corrected chi connectivity index (χ4v) is 6.88. The monoisotopic (exact) mass is 612 g/mol. The van der Waals surface area contributed by atoms with Crippen LogP contribution in [0.1, 0.15) is 28.9 Å². The molecule has 1 saturated heterocycles. The molecule has 2 aliphatic rings. The van der Waals surface area contributed by atoms with E-state index in [9.17, 15) is 29.1 Å². The number of aromatic nitrogens is 2. The number of hydrogen-bond donors (Lipinski definition) is 2. The van der Waals surface area contributed by atoms with Crippen molar-refractivity contribution in [2.75, 3.05) is 24.0 Å². The molecule has 12 nitrogen and oxygen atoms in total. The molecule has 39 heavy (non-hydrogen) atoms. The number of ether oxygens (including phenoxy) is 2. The summed E-state index contributed by atoms with van der Waals surface area (Å²) < 4.78 is 10.9. The predicted octanol–water partition coefficient (Wildman–Crippen LogP) is 2.07. The fraction of sp³-hybridized carbons (Fsp3) is 0.348. The number of aliphatic carboxylic acids is 1. The molecular weight excluding hydrogens is 592 g/mol. The molecular formula is C23H21ClN4O8S3. The number of carbonyl (C=O) groups excluding carboxylic acids is 4. The van der Waals surface area contributed by atoms with E-state index in [1.54, 1.807) is 12.4 Å². The van der Waals surface area contributed by atoms with Gasteiger partial charge in [0.2, 0.25) is 6.10 Å². The van der Waals surface area contributed by atoms with Gasteiger partial charge in [0.25, 0.3) is 11.8 Å². The van der Waals surface area contributed by atoms with Crippen molar-refractivity contribution in [1.29, 1.82) is 0 Å². The number of hydrogen-bond acceptors (Lipinski definition) is 12. The molecule has 2 aliphatic heterocycles. The van der Waals surface area contributed by atoms with E-state index in [0.29, 0.717) is 21.4 Å². The molecule has 16 heteroatoms. The number of halogens is 1. The fourth-order valence-electron chi connectivity index (χ4n) is 3.84. The van der Waals surface area contributed by atoms with Crippen LogP contribution in [0.4, 0.5) is 0 Å². The Hall–Kier alpha value is -3.14. The van der Waals surface area contributed by atoms with Crippen molar-refractivity contribution in [3.8, 4) is 0 Å². The molecule has 2 aromatic rings. The maximum atomic E-state index is 13.2. The van der Waals surface area contributed by atoms with Crippen LogP contribution < -0.4 is 5.32 Å². The molecule has 1 aromatic carbocycles. The van der Waals surface area contributed by atoms with Gasteiger partial charge in [-0.2, -0.15) is 0 Å². The average Bonchev–Trinajstić information content (AvgIpc) is 3.46. The smallest absolute Gasteiger partial charge is 0.352 e. The lowest BCUT2D eigenvalue weighted by molar-refractivity contribution is -0.157. The number of esters is 2. The Labute approximate surface area is 239 Å². The summed E-state index contributed by atoms with van der Waals surface area (Å²) in [6.45, 7) is 1.86. The molecule has 0 radical (unpaired) electrons. The highest BCUT2D eigenvalue weighted by atomic mass is 35.5. The number of fused-ring (bicyclic) bond motifs is 1. The van der Waals surface area contributed by atoms with Gasteiger partial charge in [-0.3, -0.25) is 19.3 Å². The van der Waals surface area contributed by atoms with Gasteiger partial charge >= 0.3 is 17.9 Å². The van der Waals surface area contributed by atoms with Crippen LogP contribution in [0.2, 0.25) is 0 Å². The van der Waals surface area contributed by atoms with Crippen molar-refractivity contribution in [3.63, 3.8) is 0 Å². The molecule has 0 aliphatic carbocycles. The van der Waals surface area contributed by atoms with Gasteiger partial charge in [0.15, 0.2) is 4.34 Å². The van der Waals surface area contributed by atoms with E-state index in [1.807, 2.05) is 0 Å². The molecule has 2 N–H and O–H groups in total. The van der Waals surface area contributed by atoms with Gasteiger partial charge in [0.05, 0.1) is 12.2 Å². The third-order valence-corrected chi connectivity index (χ3v) is 9.08. The lowest BCUT2D eigenvalue weighted by Gasteiger charge is -2.49. The zero-order chi connectivity index (χ0) is 28.1. The summed E-state index contributed by atoms with van der Waals surface area (Å²) in [5.41, 5.74) is 2.48. The van der Waals surface area contributed by atoms with Crippen molar-refractivity contribution >= 4 is 76.2 Å². The maximum absolute atomic E-state index is 13.2. The molecule has 2 amide bonds. The van der Waals surface area contributed by atoms with Gasteiger partial charge in [-0.15, -0.1) is 33.6 Å². The number of benzene rings is 1. The lowest BCUT2D eigenvalue weighted by atomic mass is 10.0. The van der Waals surface area contributed by atoms with Crippen LogP contribution in [-0.4, -0.2) is 85.3 Å². The number of β-lactam (4-membered cyclic amide) rings is 1. The average molecular weight is 613 g/mol. The van der Waals surface area contributed by atoms with Crippen LogP contribution in [0, 0.1) is 0 Å². The van der Waals surface area contributed by atoms with Crippen molar-refractivity contribution < 1.29 is 38.6 Å². The highest BCUT2D eigenvalue weighted by molar-refractivity contribution is 8.01. The highest BCUT2D eigenvalue weighted by Crippen LogP contribution is 2.42. The topological polar surface area (TPSA) is 165 Å². The molecule has 0 bridgehead atoms. The summed E-state index contributed by atoms with van der Waals surface area (Å²) in [5, 5.41) is 19.5. The summed E-state index contributed by atoms with van der Waals surface area (Å²) in [4.78, 5) is 63.4. The van der Waals surface area contributed by atoms with E-state index in [-0.39, 0.29) is 23.4 Å². The summed E-state index contributed by atoms with van der Waals surface area (Å²) >= 11 is 9.52. The van der Waals surface area contributed by atoms with E-state index in [4.69, 9.17) is 21.1 Å². The Morgan fingerprint density at radius 1 is 1.28 bits per heavy atom. The summed E-state index contributed by atoms with van der Waals surface area (Å²) in [5.74, 6) is -3.93. The Kier molecular flexibility index (Phi) is 9.48. The standard InChI is InChI=1S/C23H21ClN4O8S3/c1-2-35-22(34)12-5-3-11(4-6-12)17(36-14(29)7-24)18(30)26-15-19(31)28-16(21(32)33)13(8-37-20(15)28)9-38-23-27-25-10-39-23/h3-6,10,15,17,20H,2,7-9H2,1H3,(H,26,30)(H,32,33)/t15?,17?,20-/m1/s1. The summed E-state index contributed by atoms with van der Waals surface area (Å²) in [7, 11) is 0. The number of thioether (sulfide) groups is 2. The van der Waals surface area contributed by atoms with E-state index >= 15 is 0 Å². The molecule has 206 valence electrons. The Morgan fingerprint density at radius 3 is 2.64 bits per heavy atom. The Morgan fingerprint density at radius 2 is 2.03 bits per heavy atom. The minimum atomic E-state index is -1.46. The van der Waals surface area contributed by atoms with Gasteiger partial charge in [0, 0.05) is 17.1 Å². The number of carboxylic acids is 1. The van der Waals surface area contributed by atoms with Gasteiger partial charge < -0.3 is 19.9 Å². The largest absolute Gasteiger partial charge is 0.477 e. The van der Waals surface area contributed by atoms with Gasteiger partial charge in [-0.1, -0.05) is 35.2 Å². The van der Waals surface area contributed by atoms with Gasteiger partial charge in [-0.25, -0.2) is 9.59 Å². The van der Waals surface area contributed by atoms with E-state index in [0.717, 1.165) is 4.90 Å². The second kappa shape index (κ2) is 12.8. The SMILES string of the molecule is CCOC(=O)c1ccc(C(OC(=O)CCl)C(=O)NC2C(=O)N3C(C(=O)O)=C(CSc4nncs4)CS[C@H]23)cc1. The van der Waals surface area contributed by atoms with Crippen molar-refractivity contribution in [2.45, 2.75) is 28.8 Å². The molecule has 3 heterocycles. The van der Waals surface area contributed by atoms with Crippen LogP contribution in [-0.2, 0) is 28.7 Å². The van der Waals surface area contributed by atoms with Crippen molar-refractivity contribution in [3.05, 3.63) is 52.2 Å². The summed E-state index contributed by atoms with van der Waals surface area (Å²) in [6, 6.07) is 4.65. The molecule has 0 spiro atoms. The van der Waals surface area contributed by atoms with Crippen LogP contribution in [0.3, 0.4) is 0 Å². The number of nitrogens with zero attached hydrogens (tertiary/aromatic N) is 3. The minimum Gasteiger partial charge on any atom is -0.477 e. The first kappa shape index (κ1) is 28.9. The summed E-state index contributed by atoms with van der Waals surface area (Å²) in [6.07, 6.45) is -1.46. The molecule has 3 atom stereocenters. The predicted molar refractivity (Wildman–Crippen MR) is 142 cm³/mol.